The highest BCUT2D eigenvalue weighted by Gasteiger charge is 2.18. The summed E-state index contributed by atoms with van der Waals surface area (Å²) >= 11 is 1.59. The Hall–Kier alpha value is -2.28. The molecule has 0 radical (unpaired) electrons. The fraction of sp³-hybridized carbons (Fsp3) is 0.214. The Labute approximate surface area is 124 Å². The summed E-state index contributed by atoms with van der Waals surface area (Å²) in [6.07, 6.45) is 0.673. The number of halogens is 1. The molecule has 0 saturated carbocycles. The molecular weight excluding hydrogens is 295 g/mol. The van der Waals surface area contributed by atoms with Gasteiger partial charge in [-0.2, -0.15) is 4.39 Å². The van der Waals surface area contributed by atoms with Crippen LogP contribution in [0.25, 0.3) is 0 Å². The second kappa shape index (κ2) is 6.45. The zero-order valence-corrected chi connectivity index (χ0v) is 12.0. The van der Waals surface area contributed by atoms with Crippen LogP contribution in [0.15, 0.2) is 35.7 Å². The van der Waals surface area contributed by atoms with Gasteiger partial charge in [-0.25, -0.2) is 0 Å². The van der Waals surface area contributed by atoms with Crippen LogP contribution in [0.1, 0.15) is 22.2 Å². The molecule has 1 amide bonds. The highest BCUT2D eigenvalue weighted by atomic mass is 32.1. The molecule has 2 aromatic rings. The van der Waals surface area contributed by atoms with Gasteiger partial charge in [0, 0.05) is 29.0 Å². The SMILES string of the molecule is CC(Cc1cccs1)NC(=O)c1ccc(F)c([N+](=O)[O-])c1. The molecule has 2 rings (SSSR count). The Balaban J connectivity index is 2.06. The third-order valence-electron chi connectivity index (χ3n) is 2.87. The van der Waals surface area contributed by atoms with Crippen molar-refractivity contribution < 1.29 is 14.1 Å². The van der Waals surface area contributed by atoms with Gasteiger partial charge in [0.2, 0.25) is 5.82 Å². The van der Waals surface area contributed by atoms with E-state index in [-0.39, 0.29) is 11.6 Å². The van der Waals surface area contributed by atoms with Crippen LogP contribution in [0.2, 0.25) is 0 Å². The molecule has 1 atom stereocenters. The van der Waals surface area contributed by atoms with E-state index in [4.69, 9.17) is 0 Å². The number of hydrogen-bond donors (Lipinski definition) is 1. The highest BCUT2D eigenvalue weighted by molar-refractivity contribution is 7.09. The van der Waals surface area contributed by atoms with Crippen molar-refractivity contribution in [2.75, 3.05) is 0 Å². The van der Waals surface area contributed by atoms with E-state index in [0.717, 1.165) is 17.0 Å². The van der Waals surface area contributed by atoms with Crippen LogP contribution in [0.4, 0.5) is 10.1 Å². The van der Waals surface area contributed by atoms with Crippen molar-refractivity contribution in [3.8, 4) is 0 Å². The fourth-order valence-electron chi connectivity index (χ4n) is 1.88. The van der Waals surface area contributed by atoms with E-state index in [9.17, 15) is 19.3 Å². The number of hydrogen-bond acceptors (Lipinski definition) is 4. The van der Waals surface area contributed by atoms with Crippen LogP contribution in [0.5, 0.6) is 0 Å². The predicted molar refractivity (Wildman–Crippen MR) is 78.0 cm³/mol. The molecule has 110 valence electrons. The summed E-state index contributed by atoms with van der Waals surface area (Å²) in [5.41, 5.74) is -0.630. The monoisotopic (exact) mass is 308 g/mol. The van der Waals surface area contributed by atoms with Gasteiger partial charge >= 0.3 is 5.69 Å². The van der Waals surface area contributed by atoms with Crippen LogP contribution >= 0.6 is 11.3 Å². The number of rotatable bonds is 5. The van der Waals surface area contributed by atoms with Crippen molar-refractivity contribution in [1.29, 1.82) is 0 Å². The smallest absolute Gasteiger partial charge is 0.305 e. The largest absolute Gasteiger partial charge is 0.349 e. The van der Waals surface area contributed by atoms with Crippen molar-refractivity contribution in [2.45, 2.75) is 19.4 Å². The summed E-state index contributed by atoms with van der Waals surface area (Å²) in [5, 5.41) is 15.4. The number of nitro groups is 1. The summed E-state index contributed by atoms with van der Waals surface area (Å²) in [6, 6.07) is 6.88. The van der Waals surface area contributed by atoms with Gasteiger partial charge in [0.25, 0.3) is 5.91 Å². The van der Waals surface area contributed by atoms with Gasteiger partial charge in [-0.3, -0.25) is 14.9 Å². The summed E-state index contributed by atoms with van der Waals surface area (Å²) < 4.78 is 13.2. The number of carbonyl (C=O) groups is 1. The third kappa shape index (κ3) is 3.85. The van der Waals surface area contributed by atoms with Crippen LogP contribution < -0.4 is 5.32 Å². The molecule has 1 unspecified atom stereocenters. The van der Waals surface area contributed by atoms with Gasteiger partial charge < -0.3 is 5.32 Å². The number of nitro benzene ring substituents is 1. The minimum Gasteiger partial charge on any atom is -0.349 e. The molecule has 21 heavy (non-hydrogen) atoms. The minimum atomic E-state index is -0.955. The van der Waals surface area contributed by atoms with Crippen molar-refractivity contribution in [2.24, 2.45) is 0 Å². The van der Waals surface area contributed by atoms with Crippen LogP contribution in [-0.4, -0.2) is 16.9 Å². The fourth-order valence-corrected chi connectivity index (χ4v) is 2.72. The zero-order valence-electron chi connectivity index (χ0n) is 11.2. The van der Waals surface area contributed by atoms with Crippen LogP contribution in [0, 0.1) is 15.9 Å². The third-order valence-corrected chi connectivity index (χ3v) is 3.77. The first kappa shape index (κ1) is 15.1. The molecule has 1 N–H and O–H groups in total. The average molecular weight is 308 g/mol. The molecule has 7 heteroatoms. The van der Waals surface area contributed by atoms with E-state index in [1.54, 1.807) is 11.3 Å². The number of nitrogens with one attached hydrogen (secondary N) is 1. The Morgan fingerprint density at radius 1 is 1.48 bits per heavy atom. The first-order valence-electron chi connectivity index (χ1n) is 6.24. The van der Waals surface area contributed by atoms with E-state index < -0.39 is 22.3 Å². The van der Waals surface area contributed by atoms with Crippen molar-refractivity contribution in [3.05, 3.63) is 62.1 Å². The van der Waals surface area contributed by atoms with Gasteiger partial charge in [0.1, 0.15) is 0 Å². The standard InChI is InChI=1S/C14H13FN2O3S/c1-9(7-11-3-2-6-21-11)16-14(18)10-4-5-12(15)13(8-10)17(19)20/h2-6,8-9H,7H2,1H3,(H,16,18). The maximum atomic E-state index is 13.2. The lowest BCUT2D eigenvalue weighted by molar-refractivity contribution is -0.387. The van der Waals surface area contributed by atoms with Crippen LogP contribution in [-0.2, 0) is 6.42 Å². The minimum absolute atomic E-state index is 0.0705. The maximum Gasteiger partial charge on any atom is 0.305 e. The topological polar surface area (TPSA) is 72.2 Å². The lowest BCUT2D eigenvalue weighted by Crippen LogP contribution is -2.33. The summed E-state index contributed by atoms with van der Waals surface area (Å²) in [6.45, 7) is 1.84. The average Bonchev–Trinajstić information content (AvgIpc) is 2.91. The molecular formula is C14H13FN2O3S. The molecule has 0 aliphatic rings. The van der Waals surface area contributed by atoms with Gasteiger partial charge in [-0.05, 0) is 30.5 Å². The van der Waals surface area contributed by atoms with E-state index in [0.29, 0.717) is 6.42 Å². The molecule has 0 aliphatic heterocycles. The molecule has 0 bridgehead atoms. The molecule has 5 nitrogen and oxygen atoms in total. The second-order valence-electron chi connectivity index (χ2n) is 4.58. The molecule has 0 saturated heterocycles. The Bertz CT molecular complexity index is 658. The molecule has 1 aromatic heterocycles. The molecule has 0 spiro atoms. The second-order valence-corrected chi connectivity index (χ2v) is 5.61. The molecule has 1 heterocycles. The molecule has 0 fully saturated rings. The van der Waals surface area contributed by atoms with Crippen LogP contribution in [0.3, 0.4) is 0 Å². The Morgan fingerprint density at radius 3 is 2.86 bits per heavy atom. The number of carbonyl (C=O) groups excluding carboxylic acids is 1. The van der Waals surface area contributed by atoms with Gasteiger partial charge in [0.15, 0.2) is 0 Å². The Kier molecular flexibility index (Phi) is 4.64. The first-order chi connectivity index (χ1) is 9.97. The van der Waals surface area contributed by atoms with Gasteiger partial charge in [-0.15, -0.1) is 11.3 Å². The van der Waals surface area contributed by atoms with E-state index >= 15 is 0 Å². The maximum absolute atomic E-state index is 13.2. The van der Waals surface area contributed by atoms with E-state index in [1.165, 1.54) is 6.07 Å². The van der Waals surface area contributed by atoms with Crippen molar-refractivity contribution in [1.82, 2.24) is 5.32 Å². The first-order valence-corrected chi connectivity index (χ1v) is 7.12. The van der Waals surface area contributed by atoms with E-state index in [1.807, 2.05) is 24.4 Å². The predicted octanol–water partition coefficient (Wildman–Crippen LogP) is 3.16. The number of amides is 1. The normalized spacial score (nSPS) is 11.9. The van der Waals surface area contributed by atoms with Crippen molar-refractivity contribution in [3.63, 3.8) is 0 Å². The summed E-state index contributed by atoms with van der Waals surface area (Å²) in [5.74, 6) is -1.41. The van der Waals surface area contributed by atoms with Gasteiger partial charge in [0.05, 0.1) is 4.92 Å². The number of benzene rings is 1. The number of thiophene rings is 1. The van der Waals surface area contributed by atoms with Crippen molar-refractivity contribution >= 4 is 22.9 Å². The molecule has 1 aromatic carbocycles. The summed E-state index contributed by atoms with van der Waals surface area (Å²) in [7, 11) is 0. The highest BCUT2D eigenvalue weighted by Crippen LogP contribution is 2.18. The summed E-state index contributed by atoms with van der Waals surface area (Å²) in [4.78, 5) is 23.0. The van der Waals surface area contributed by atoms with E-state index in [2.05, 4.69) is 5.32 Å². The quantitative estimate of drug-likeness (QED) is 0.681. The number of nitrogens with zero attached hydrogens (tertiary/aromatic N) is 1. The molecule has 0 aliphatic carbocycles. The zero-order chi connectivity index (χ0) is 15.4. The lowest BCUT2D eigenvalue weighted by atomic mass is 10.1. The lowest BCUT2D eigenvalue weighted by Gasteiger charge is -2.13. The van der Waals surface area contributed by atoms with Gasteiger partial charge in [-0.1, -0.05) is 6.07 Å². The Morgan fingerprint density at radius 2 is 2.24 bits per heavy atom.